The lowest BCUT2D eigenvalue weighted by molar-refractivity contribution is 0.132. The Labute approximate surface area is 91.6 Å². The molecule has 1 heterocycles. The first-order valence-electron chi connectivity index (χ1n) is 5.60. The van der Waals surface area contributed by atoms with Gasteiger partial charge >= 0.3 is 0 Å². The fourth-order valence-corrected chi connectivity index (χ4v) is 1.32. The van der Waals surface area contributed by atoms with Gasteiger partial charge < -0.3 is 10.1 Å². The average Bonchev–Trinajstić information content (AvgIpc) is 2.63. The maximum Gasteiger partial charge on any atom is 0.0762 e. The number of ether oxygens (including phenoxy) is 1. The molecular weight excluding hydrogens is 190 g/mol. The Bertz CT molecular complexity index is 260. The standard InChI is InChI=1S/C11H21N3O/c1-3-8-15-9-4-6-12-10-11-5-7-14(2)13-11/h5,7,12H,3-4,6,8-10H2,1-2H3. The molecule has 0 fully saturated rings. The van der Waals surface area contributed by atoms with Gasteiger partial charge in [0.25, 0.3) is 0 Å². The summed E-state index contributed by atoms with van der Waals surface area (Å²) in [6, 6.07) is 2.03. The number of rotatable bonds is 8. The van der Waals surface area contributed by atoms with E-state index in [-0.39, 0.29) is 0 Å². The normalized spacial score (nSPS) is 10.8. The summed E-state index contributed by atoms with van der Waals surface area (Å²) >= 11 is 0. The topological polar surface area (TPSA) is 39.1 Å². The van der Waals surface area contributed by atoms with Crippen LogP contribution in [-0.2, 0) is 18.3 Å². The minimum Gasteiger partial charge on any atom is -0.381 e. The molecule has 1 N–H and O–H groups in total. The van der Waals surface area contributed by atoms with E-state index in [1.807, 2.05) is 24.0 Å². The molecule has 0 amide bonds. The fourth-order valence-electron chi connectivity index (χ4n) is 1.32. The number of hydrogen-bond donors (Lipinski definition) is 1. The van der Waals surface area contributed by atoms with E-state index >= 15 is 0 Å². The molecular formula is C11H21N3O. The summed E-state index contributed by atoms with van der Waals surface area (Å²) in [4.78, 5) is 0. The quantitative estimate of drug-likeness (QED) is 0.659. The monoisotopic (exact) mass is 211 g/mol. The highest BCUT2D eigenvalue weighted by atomic mass is 16.5. The summed E-state index contributed by atoms with van der Waals surface area (Å²) in [7, 11) is 1.93. The van der Waals surface area contributed by atoms with Crippen LogP contribution in [0.3, 0.4) is 0 Å². The number of aromatic nitrogens is 2. The van der Waals surface area contributed by atoms with Crippen LogP contribution in [-0.4, -0.2) is 29.5 Å². The Balaban J connectivity index is 1.93. The number of aryl methyl sites for hydroxylation is 1. The molecule has 0 spiro atoms. The van der Waals surface area contributed by atoms with Crippen LogP contribution in [0.4, 0.5) is 0 Å². The molecule has 0 radical (unpaired) electrons. The van der Waals surface area contributed by atoms with E-state index < -0.39 is 0 Å². The lowest BCUT2D eigenvalue weighted by atomic mass is 10.4. The summed E-state index contributed by atoms with van der Waals surface area (Å²) in [5.41, 5.74) is 1.09. The molecule has 0 saturated carbocycles. The van der Waals surface area contributed by atoms with Gasteiger partial charge in [-0.25, -0.2) is 0 Å². The van der Waals surface area contributed by atoms with Crippen LogP contribution >= 0.6 is 0 Å². The van der Waals surface area contributed by atoms with Crippen molar-refractivity contribution in [1.29, 1.82) is 0 Å². The molecule has 0 aliphatic carbocycles. The van der Waals surface area contributed by atoms with Crippen LogP contribution < -0.4 is 5.32 Å². The SMILES string of the molecule is CCCOCCCNCc1ccn(C)n1. The minimum atomic E-state index is 0.842. The molecule has 4 nitrogen and oxygen atoms in total. The zero-order valence-corrected chi connectivity index (χ0v) is 9.70. The molecule has 1 aromatic heterocycles. The molecule has 0 aliphatic heterocycles. The van der Waals surface area contributed by atoms with Gasteiger partial charge in [0.05, 0.1) is 5.69 Å². The smallest absolute Gasteiger partial charge is 0.0762 e. The van der Waals surface area contributed by atoms with Gasteiger partial charge in [0.15, 0.2) is 0 Å². The average molecular weight is 211 g/mol. The Morgan fingerprint density at radius 3 is 3.00 bits per heavy atom. The molecule has 86 valence electrons. The third-order valence-electron chi connectivity index (χ3n) is 2.07. The third-order valence-corrected chi connectivity index (χ3v) is 2.07. The summed E-state index contributed by atoms with van der Waals surface area (Å²) in [5, 5.41) is 7.62. The predicted molar refractivity (Wildman–Crippen MR) is 60.6 cm³/mol. The van der Waals surface area contributed by atoms with E-state index in [2.05, 4.69) is 17.3 Å². The van der Waals surface area contributed by atoms with E-state index in [4.69, 9.17) is 4.74 Å². The highest BCUT2D eigenvalue weighted by Gasteiger charge is 1.95. The van der Waals surface area contributed by atoms with Crippen LogP contribution in [0.15, 0.2) is 12.3 Å². The minimum absolute atomic E-state index is 0.842. The Hall–Kier alpha value is -0.870. The summed E-state index contributed by atoms with van der Waals surface area (Å²) in [6.07, 6.45) is 4.12. The second-order valence-electron chi connectivity index (χ2n) is 3.62. The van der Waals surface area contributed by atoms with Crippen molar-refractivity contribution in [2.45, 2.75) is 26.3 Å². The molecule has 15 heavy (non-hydrogen) atoms. The maximum absolute atomic E-state index is 5.38. The van der Waals surface area contributed by atoms with Crippen LogP contribution in [0.25, 0.3) is 0 Å². The zero-order chi connectivity index (χ0) is 10.9. The van der Waals surface area contributed by atoms with E-state index in [1.54, 1.807) is 0 Å². The van der Waals surface area contributed by atoms with E-state index in [1.165, 1.54) is 0 Å². The van der Waals surface area contributed by atoms with Gasteiger partial charge in [0, 0.05) is 33.0 Å². The van der Waals surface area contributed by atoms with Gasteiger partial charge in [-0.05, 0) is 25.5 Å². The first-order chi connectivity index (χ1) is 7.33. The first kappa shape index (κ1) is 12.2. The predicted octanol–water partition coefficient (Wildman–Crippen LogP) is 1.33. The molecule has 1 aromatic rings. The van der Waals surface area contributed by atoms with Gasteiger partial charge in [0.1, 0.15) is 0 Å². The van der Waals surface area contributed by atoms with Crippen molar-refractivity contribution in [2.24, 2.45) is 7.05 Å². The van der Waals surface area contributed by atoms with Crippen LogP contribution in [0, 0.1) is 0 Å². The van der Waals surface area contributed by atoms with Crippen molar-refractivity contribution < 1.29 is 4.74 Å². The summed E-state index contributed by atoms with van der Waals surface area (Å²) < 4.78 is 7.20. The second-order valence-corrected chi connectivity index (χ2v) is 3.62. The summed E-state index contributed by atoms with van der Waals surface area (Å²) in [5.74, 6) is 0. The van der Waals surface area contributed by atoms with E-state index in [0.29, 0.717) is 0 Å². The van der Waals surface area contributed by atoms with E-state index in [0.717, 1.165) is 44.8 Å². The highest BCUT2D eigenvalue weighted by molar-refractivity contribution is 4.97. The zero-order valence-electron chi connectivity index (χ0n) is 9.70. The van der Waals surface area contributed by atoms with Crippen molar-refractivity contribution in [3.8, 4) is 0 Å². The first-order valence-corrected chi connectivity index (χ1v) is 5.60. The molecule has 0 saturated heterocycles. The van der Waals surface area contributed by atoms with Gasteiger partial charge in [0.2, 0.25) is 0 Å². The van der Waals surface area contributed by atoms with Crippen molar-refractivity contribution in [3.05, 3.63) is 18.0 Å². The Kier molecular flexibility index (Phi) is 6.04. The molecule has 0 bridgehead atoms. The van der Waals surface area contributed by atoms with Gasteiger partial charge in [-0.3, -0.25) is 4.68 Å². The van der Waals surface area contributed by atoms with E-state index in [9.17, 15) is 0 Å². The van der Waals surface area contributed by atoms with Crippen LogP contribution in [0.1, 0.15) is 25.5 Å². The van der Waals surface area contributed by atoms with Crippen molar-refractivity contribution in [1.82, 2.24) is 15.1 Å². The van der Waals surface area contributed by atoms with Crippen molar-refractivity contribution in [2.75, 3.05) is 19.8 Å². The summed E-state index contributed by atoms with van der Waals surface area (Å²) in [6.45, 7) is 5.68. The molecule has 0 atom stereocenters. The van der Waals surface area contributed by atoms with Gasteiger partial charge in [-0.2, -0.15) is 5.10 Å². The fraction of sp³-hybridized carbons (Fsp3) is 0.727. The molecule has 0 unspecified atom stereocenters. The second kappa shape index (κ2) is 7.43. The van der Waals surface area contributed by atoms with Crippen molar-refractivity contribution >= 4 is 0 Å². The molecule has 4 heteroatoms. The largest absolute Gasteiger partial charge is 0.381 e. The lowest BCUT2D eigenvalue weighted by Gasteiger charge is -2.03. The van der Waals surface area contributed by atoms with Crippen LogP contribution in [0.2, 0.25) is 0 Å². The number of nitrogens with one attached hydrogen (secondary N) is 1. The Morgan fingerprint density at radius 1 is 1.47 bits per heavy atom. The van der Waals surface area contributed by atoms with Gasteiger partial charge in [-0.1, -0.05) is 6.92 Å². The maximum atomic E-state index is 5.38. The highest BCUT2D eigenvalue weighted by Crippen LogP contribution is 1.92. The van der Waals surface area contributed by atoms with Crippen molar-refractivity contribution in [3.63, 3.8) is 0 Å². The van der Waals surface area contributed by atoms with Crippen LogP contribution in [0.5, 0.6) is 0 Å². The number of nitrogens with zero attached hydrogens (tertiary/aromatic N) is 2. The Morgan fingerprint density at radius 2 is 2.33 bits per heavy atom. The number of hydrogen-bond acceptors (Lipinski definition) is 3. The van der Waals surface area contributed by atoms with Gasteiger partial charge in [-0.15, -0.1) is 0 Å². The lowest BCUT2D eigenvalue weighted by Crippen LogP contribution is -2.16. The molecule has 0 aromatic carbocycles. The molecule has 0 aliphatic rings. The third kappa shape index (κ3) is 5.54. The molecule has 1 rings (SSSR count).